The lowest BCUT2D eigenvalue weighted by molar-refractivity contribution is -0.385. The third-order valence-corrected chi connectivity index (χ3v) is 4.68. The minimum absolute atomic E-state index is 0.111. The molecule has 2 aromatic carbocycles. The molecule has 6 nitrogen and oxygen atoms in total. The number of benzene rings is 2. The van der Waals surface area contributed by atoms with Crippen LogP contribution in [-0.2, 0) is 0 Å². The van der Waals surface area contributed by atoms with E-state index in [-0.39, 0.29) is 23.2 Å². The second kappa shape index (κ2) is 8.37. The van der Waals surface area contributed by atoms with Gasteiger partial charge in [0.15, 0.2) is 0 Å². The molecule has 1 atom stereocenters. The number of anilines is 1. The maximum Gasteiger partial charge on any atom is 0.282 e. The van der Waals surface area contributed by atoms with Gasteiger partial charge >= 0.3 is 0 Å². The fraction of sp³-hybridized carbons (Fsp3) is 0.286. The first-order valence-electron chi connectivity index (χ1n) is 8.93. The molecule has 1 unspecified atom stereocenters. The van der Waals surface area contributed by atoms with Gasteiger partial charge in [-0.05, 0) is 30.5 Å². The highest BCUT2D eigenvalue weighted by Gasteiger charge is 2.27. The van der Waals surface area contributed by atoms with Crippen LogP contribution in [0, 0.1) is 22.5 Å². The van der Waals surface area contributed by atoms with Crippen LogP contribution in [-0.4, -0.2) is 28.8 Å². The van der Waals surface area contributed by atoms with E-state index in [1.807, 2.05) is 30.3 Å². The predicted octanol–water partition coefficient (Wildman–Crippen LogP) is 4.01. The summed E-state index contributed by atoms with van der Waals surface area (Å²) in [5.74, 6) is 2.36. The average Bonchev–Trinajstić information content (AvgIpc) is 3.22. The van der Waals surface area contributed by atoms with Gasteiger partial charge < -0.3 is 10.2 Å². The molecule has 138 valence electrons. The molecule has 1 amide bonds. The Hall–Kier alpha value is -3.33. The lowest BCUT2D eigenvalue weighted by Crippen LogP contribution is -2.28. The quantitative estimate of drug-likeness (QED) is 0.478. The Balaban J connectivity index is 1.91. The van der Waals surface area contributed by atoms with Crippen LogP contribution in [0.25, 0.3) is 0 Å². The fourth-order valence-corrected chi connectivity index (χ4v) is 3.30. The van der Waals surface area contributed by atoms with Crippen LogP contribution >= 0.6 is 0 Å². The van der Waals surface area contributed by atoms with Crippen molar-refractivity contribution in [3.63, 3.8) is 0 Å². The molecule has 2 aromatic rings. The van der Waals surface area contributed by atoms with Crippen molar-refractivity contribution in [2.24, 2.45) is 0 Å². The molecule has 6 heteroatoms. The molecular weight excluding hydrogens is 342 g/mol. The molecule has 0 aromatic heterocycles. The zero-order valence-electron chi connectivity index (χ0n) is 14.9. The predicted molar refractivity (Wildman–Crippen MR) is 104 cm³/mol. The summed E-state index contributed by atoms with van der Waals surface area (Å²) < 4.78 is 0. The maximum atomic E-state index is 12.8. The molecule has 3 rings (SSSR count). The van der Waals surface area contributed by atoms with E-state index in [9.17, 15) is 14.9 Å². The van der Waals surface area contributed by atoms with E-state index in [4.69, 9.17) is 6.42 Å². The maximum absolute atomic E-state index is 12.8. The molecule has 1 fully saturated rings. The molecule has 0 bridgehead atoms. The summed E-state index contributed by atoms with van der Waals surface area (Å²) in [5.41, 5.74) is 1.58. The Morgan fingerprint density at radius 2 is 1.93 bits per heavy atom. The topological polar surface area (TPSA) is 75.5 Å². The molecule has 0 aliphatic carbocycles. The number of carbonyl (C=O) groups excluding carboxylic acids is 1. The summed E-state index contributed by atoms with van der Waals surface area (Å²) >= 11 is 0. The summed E-state index contributed by atoms with van der Waals surface area (Å²) in [4.78, 5) is 25.3. The third-order valence-electron chi connectivity index (χ3n) is 4.68. The number of nitro benzene ring substituents is 1. The number of hydrogen-bond donors (Lipinski definition) is 1. The lowest BCUT2D eigenvalue weighted by Gasteiger charge is -2.20. The standard InChI is InChI=1S/C21H21N3O3/c1-2-8-19(16-9-4-3-5-10-16)22-17-11-12-20(24(26)27)18(15-17)21(25)23-13-6-7-14-23/h1,3-5,9-12,15,19,22H,6-8,13-14H2. The smallest absolute Gasteiger partial charge is 0.282 e. The van der Waals surface area contributed by atoms with E-state index in [2.05, 4.69) is 11.2 Å². The number of hydrogen-bond acceptors (Lipinski definition) is 4. The van der Waals surface area contributed by atoms with Gasteiger partial charge in [0.25, 0.3) is 11.6 Å². The largest absolute Gasteiger partial charge is 0.377 e. The van der Waals surface area contributed by atoms with E-state index in [1.165, 1.54) is 6.07 Å². The Bertz CT molecular complexity index is 868. The molecule has 27 heavy (non-hydrogen) atoms. The van der Waals surface area contributed by atoms with Crippen molar-refractivity contribution in [3.05, 3.63) is 69.8 Å². The van der Waals surface area contributed by atoms with Crippen LogP contribution in [0.3, 0.4) is 0 Å². The minimum atomic E-state index is -0.511. The van der Waals surface area contributed by atoms with Crippen molar-refractivity contribution in [3.8, 4) is 12.3 Å². The summed E-state index contributed by atoms with van der Waals surface area (Å²) in [6.45, 7) is 1.27. The molecule has 1 saturated heterocycles. The Kier molecular flexibility index (Phi) is 5.72. The number of nitrogens with one attached hydrogen (secondary N) is 1. The number of terminal acetylenes is 1. The second-order valence-electron chi connectivity index (χ2n) is 6.50. The molecule has 0 radical (unpaired) electrons. The highest BCUT2D eigenvalue weighted by Crippen LogP contribution is 2.28. The van der Waals surface area contributed by atoms with Crippen molar-refractivity contribution >= 4 is 17.3 Å². The van der Waals surface area contributed by atoms with Crippen molar-refractivity contribution in [1.29, 1.82) is 0 Å². The van der Waals surface area contributed by atoms with E-state index in [1.54, 1.807) is 17.0 Å². The van der Waals surface area contributed by atoms with Crippen molar-refractivity contribution in [2.75, 3.05) is 18.4 Å². The van der Waals surface area contributed by atoms with Gasteiger partial charge in [-0.3, -0.25) is 14.9 Å². The SMILES string of the molecule is C#CCC(Nc1ccc([N+](=O)[O-])c(C(=O)N2CCCC2)c1)c1ccccc1. The molecule has 0 spiro atoms. The van der Waals surface area contributed by atoms with E-state index >= 15 is 0 Å². The summed E-state index contributed by atoms with van der Waals surface area (Å²) in [6.07, 6.45) is 7.81. The molecular formula is C21H21N3O3. The van der Waals surface area contributed by atoms with Crippen LogP contribution in [0.15, 0.2) is 48.5 Å². The monoisotopic (exact) mass is 363 g/mol. The molecule has 1 aliphatic heterocycles. The highest BCUT2D eigenvalue weighted by atomic mass is 16.6. The Labute approximate surface area is 158 Å². The Morgan fingerprint density at radius 1 is 1.22 bits per heavy atom. The van der Waals surface area contributed by atoms with Gasteiger partial charge in [-0.1, -0.05) is 30.3 Å². The first-order chi connectivity index (χ1) is 13.1. The van der Waals surface area contributed by atoms with Gasteiger partial charge in [0, 0.05) is 31.3 Å². The summed E-state index contributed by atoms with van der Waals surface area (Å²) in [7, 11) is 0. The van der Waals surface area contributed by atoms with Crippen molar-refractivity contribution in [2.45, 2.75) is 25.3 Å². The van der Waals surface area contributed by atoms with Gasteiger partial charge in [0.1, 0.15) is 5.56 Å². The zero-order chi connectivity index (χ0) is 19.2. The summed E-state index contributed by atoms with van der Waals surface area (Å²) in [5, 5.41) is 14.7. The van der Waals surface area contributed by atoms with Crippen LogP contribution in [0.5, 0.6) is 0 Å². The number of nitro groups is 1. The van der Waals surface area contributed by atoms with Crippen LogP contribution in [0.1, 0.15) is 41.2 Å². The normalized spacial score (nSPS) is 14.4. The van der Waals surface area contributed by atoms with Crippen LogP contribution in [0.4, 0.5) is 11.4 Å². The second-order valence-corrected chi connectivity index (χ2v) is 6.50. The lowest BCUT2D eigenvalue weighted by atomic mass is 10.0. The number of nitrogens with zero attached hydrogens (tertiary/aromatic N) is 2. The molecule has 1 N–H and O–H groups in total. The summed E-state index contributed by atoms with van der Waals surface area (Å²) in [6, 6.07) is 14.1. The zero-order valence-corrected chi connectivity index (χ0v) is 14.9. The molecule has 1 heterocycles. The minimum Gasteiger partial charge on any atom is -0.377 e. The first-order valence-corrected chi connectivity index (χ1v) is 8.93. The van der Waals surface area contributed by atoms with Gasteiger partial charge in [0.05, 0.1) is 11.0 Å². The number of rotatable bonds is 6. The Morgan fingerprint density at radius 3 is 2.56 bits per heavy atom. The molecule has 0 saturated carbocycles. The van der Waals surface area contributed by atoms with E-state index in [0.29, 0.717) is 25.2 Å². The number of amides is 1. The van der Waals surface area contributed by atoms with E-state index < -0.39 is 4.92 Å². The van der Waals surface area contributed by atoms with E-state index in [0.717, 1.165) is 18.4 Å². The third kappa shape index (κ3) is 4.26. The highest BCUT2D eigenvalue weighted by molar-refractivity contribution is 5.99. The number of carbonyl (C=O) groups is 1. The van der Waals surface area contributed by atoms with Crippen molar-refractivity contribution in [1.82, 2.24) is 4.90 Å². The first kappa shape index (κ1) is 18.5. The van der Waals surface area contributed by atoms with Gasteiger partial charge in [-0.2, -0.15) is 0 Å². The number of likely N-dealkylation sites (tertiary alicyclic amines) is 1. The average molecular weight is 363 g/mol. The molecule has 1 aliphatic rings. The van der Waals surface area contributed by atoms with Crippen molar-refractivity contribution < 1.29 is 9.72 Å². The van der Waals surface area contributed by atoms with Crippen LogP contribution < -0.4 is 5.32 Å². The fourth-order valence-electron chi connectivity index (χ4n) is 3.30. The van der Waals surface area contributed by atoms with Gasteiger partial charge in [-0.25, -0.2) is 0 Å². The van der Waals surface area contributed by atoms with Gasteiger partial charge in [0.2, 0.25) is 0 Å². The van der Waals surface area contributed by atoms with Crippen LogP contribution in [0.2, 0.25) is 0 Å². The van der Waals surface area contributed by atoms with Gasteiger partial charge in [-0.15, -0.1) is 12.3 Å².